The summed E-state index contributed by atoms with van der Waals surface area (Å²) >= 11 is 0. The second kappa shape index (κ2) is 11.7. The van der Waals surface area contributed by atoms with Crippen molar-refractivity contribution in [1.82, 2.24) is 10.2 Å². The molecule has 3 aromatic carbocycles. The van der Waals surface area contributed by atoms with Gasteiger partial charge in [0, 0.05) is 19.5 Å². The smallest absolute Gasteiger partial charge is 0.318 e. The van der Waals surface area contributed by atoms with Crippen LogP contribution in [0.15, 0.2) is 42.5 Å². The van der Waals surface area contributed by atoms with Gasteiger partial charge in [0.05, 0.1) is 32.6 Å². The van der Waals surface area contributed by atoms with Crippen LogP contribution in [0.4, 0.5) is 10.5 Å². The van der Waals surface area contributed by atoms with E-state index >= 15 is 0 Å². The first-order chi connectivity index (χ1) is 18.3. The van der Waals surface area contributed by atoms with Gasteiger partial charge >= 0.3 is 6.03 Å². The summed E-state index contributed by atoms with van der Waals surface area (Å²) in [5.74, 6) is 2.02. The Balaban J connectivity index is 1.70. The van der Waals surface area contributed by atoms with Gasteiger partial charge in [-0.3, -0.25) is 0 Å². The highest BCUT2D eigenvalue weighted by molar-refractivity contribution is 5.76. The van der Waals surface area contributed by atoms with Gasteiger partial charge in [-0.25, -0.2) is 4.79 Å². The average molecular weight is 518 g/mol. The van der Waals surface area contributed by atoms with Crippen LogP contribution in [-0.2, 0) is 12.8 Å². The Labute approximate surface area is 225 Å². The van der Waals surface area contributed by atoms with Crippen molar-refractivity contribution < 1.29 is 19.0 Å². The molecule has 7 nitrogen and oxygen atoms in total. The van der Waals surface area contributed by atoms with Crippen LogP contribution in [0.25, 0.3) is 0 Å². The summed E-state index contributed by atoms with van der Waals surface area (Å²) in [6, 6.07) is 14.0. The number of nitrogens with two attached hydrogens (primary N) is 1. The normalized spacial score (nSPS) is 14.6. The molecule has 3 aromatic rings. The zero-order valence-corrected chi connectivity index (χ0v) is 23.3. The number of methoxy groups -OCH3 is 2. The Kier molecular flexibility index (Phi) is 8.35. The van der Waals surface area contributed by atoms with Crippen molar-refractivity contribution in [3.63, 3.8) is 0 Å². The molecular weight excluding hydrogens is 478 g/mol. The number of hydrogen-bond donors (Lipinski definition) is 2. The van der Waals surface area contributed by atoms with Gasteiger partial charge in [0.2, 0.25) is 0 Å². The summed E-state index contributed by atoms with van der Waals surface area (Å²) in [5, 5.41) is 3.01. The first-order valence-electron chi connectivity index (χ1n) is 13.2. The molecule has 1 aliphatic rings. The van der Waals surface area contributed by atoms with Gasteiger partial charge in [0.25, 0.3) is 0 Å². The minimum atomic E-state index is -0.223. The predicted octanol–water partition coefficient (Wildman–Crippen LogP) is 5.51. The van der Waals surface area contributed by atoms with Gasteiger partial charge in [-0.2, -0.15) is 0 Å². The van der Waals surface area contributed by atoms with E-state index < -0.39 is 0 Å². The number of amides is 2. The number of carbonyl (C=O) groups is 1. The lowest BCUT2D eigenvalue weighted by Crippen LogP contribution is -2.46. The summed E-state index contributed by atoms with van der Waals surface area (Å²) in [6.45, 7) is 9.95. The summed E-state index contributed by atoms with van der Waals surface area (Å²) in [7, 11) is 3.27. The SMILES string of the molecule is CCNC(=O)N1CCc2cc(OC)c(OCCc3ccc(OC)c(N)c3)cc2C1c1cc(C)c(C)cc1C. The fourth-order valence-corrected chi connectivity index (χ4v) is 5.20. The van der Waals surface area contributed by atoms with E-state index in [2.05, 4.69) is 50.4 Å². The lowest BCUT2D eigenvalue weighted by Gasteiger charge is -2.39. The number of nitrogen functional groups attached to an aromatic ring is 1. The number of rotatable bonds is 8. The molecule has 202 valence electrons. The number of aryl methyl sites for hydroxylation is 3. The number of fused-ring (bicyclic) bond motifs is 1. The van der Waals surface area contributed by atoms with Crippen LogP contribution in [0.3, 0.4) is 0 Å². The van der Waals surface area contributed by atoms with Gasteiger partial charge in [0.15, 0.2) is 11.5 Å². The molecule has 0 radical (unpaired) electrons. The molecule has 1 heterocycles. The standard InChI is InChI=1S/C31H39N3O4/c1-7-33-31(35)34-12-10-23-17-28(37-6)29(38-13-11-22-8-9-27(36-5)26(32)16-22)18-25(23)30(34)24-15-20(3)19(2)14-21(24)4/h8-9,14-18,30H,7,10-13,32H2,1-6H3,(H,33,35). The number of nitrogens with zero attached hydrogens (tertiary/aromatic N) is 1. The van der Waals surface area contributed by atoms with Gasteiger partial charge in [0.1, 0.15) is 5.75 Å². The van der Waals surface area contributed by atoms with E-state index in [0.29, 0.717) is 49.1 Å². The average Bonchev–Trinajstić information content (AvgIpc) is 2.90. The maximum atomic E-state index is 13.2. The number of carbonyl (C=O) groups excluding carboxylic acids is 1. The van der Waals surface area contributed by atoms with Gasteiger partial charge in [-0.05, 0) is 97.3 Å². The van der Waals surface area contributed by atoms with Crippen LogP contribution in [0.2, 0.25) is 0 Å². The number of benzene rings is 3. The summed E-state index contributed by atoms with van der Waals surface area (Å²) in [5.41, 5.74) is 14.7. The molecule has 2 amide bonds. The number of urea groups is 1. The number of nitrogens with one attached hydrogen (secondary N) is 1. The van der Waals surface area contributed by atoms with Gasteiger partial charge in [-0.15, -0.1) is 0 Å². The highest BCUT2D eigenvalue weighted by Crippen LogP contribution is 2.42. The Morgan fingerprint density at radius 3 is 2.37 bits per heavy atom. The largest absolute Gasteiger partial charge is 0.495 e. The monoisotopic (exact) mass is 517 g/mol. The maximum absolute atomic E-state index is 13.2. The molecule has 1 unspecified atom stereocenters. The topological polar surface area (TPSA) is 86.1 Å². The highest BCUT2D eigenvalue weighted by Gasteiger charge is 2.34. The Hall–Kier alpha value is -3.87. The molecule has 7 heteroatoms. The van der Waals surface area contributed by atoms with E-state index in [4.69, 9.17) is 19.9 Å². The zero-order chi connectivity index (χ0) is 27.4. The first-order valence-corrected chi connectivity index (χ1v) is 13.2. The second-order valence-electron chi connectivity index (χ2n) is 9.85. The van der Waals surface area contributed by atoms with E-state index in [9.17, 15) is 4.79 Å². The Morgan fingerprint density at radius 2 is 1.68 bits per heavy atom. The summed E-state index contributed by atoms with van der Waals surface area (Å²) in [6.07, 6.45) is 1.42. The van der Waals surface area contributed by atoms with Crippen LogP contribution in [-0.4, -0.2) is 44.8 Å². The first kappa shape index (κ1) is 27.2. The van der Waals surface area contributed by atoms with Crippen molar-refractivity contribution in [2.45, 2.75) is 46.6 Å². The van der Waals surface area contributed by atoms with Crippen molar-refractivity contribution in [2.75, 3.05) is 39.6 Å². The highest BCUT2D eigenvalue weighted by atomic mass is 16.5. The van der Waals surface area contributed by atoms with Crippen LogP contribution >= 0.6 is 0 Å². The molecule has 0 saturated heterocycles. The van der Waals surface area contributed by atoms with E-state index in [1.54, 1.807) is 14.2 Å². The third-order valence-corrected chi connectivity index (χ3v) is 7.36. The molecule has 0 fully saturated rings. The van der Waals surface area contributed by atoms with Crippen LogP contribution < -0.4 is 25.3 Å². The second-order valence-corrected chi connectivity index (χ2v) is 9.85. The van der Waals surface area contributed by atoms with Crippen molar-refractivity contribution >= 4 is 11.7 Å². The van der Waals surface area contributed by atoms with E-state index in [0.717, 1.165) is 28.7 Å². The molecular formula is C31H39N3O4. The van der Waals surface area contributed by atoms with Crippen LogP contribution in [0, 0.1) is 20.8 Å². The molecule has 3 N–H and O–H groups in total. The minimum Gasteiger partial charge on any atom is -0.495 e. The van der Waals surface area contributed by atoms with Crippen LogP contribution in [0.5, 0.6) is 17.2 Å². The fraction of sp³-hybridized carbons (Fsp3) is 0.387. The third kappa shape index (κ3) is 5.52. The van der Waals surface area contributed by atoms with Crippen LogP contribution in [0.1, 0.15) is 51.9 Å². The molecule has 0 aromatic heterocycles. The quantitative estimate of drug-likeness (QED) is 0.385. The molecule has 4 rings (SSSR count). The molecule has 0 bridgehead atoms. The van der Waals surface area contributed by atoms with E-state index in [1.165, 1.54) is 16.7 Å². The Morgan fingerprint density at radius 1 is 0.947 bits per heavy atom. The number of ether oxygens (including phenoxy) is 3. The predicted molar refractivity (Wildman–Crippen MR) is 152 cm³/mol. The Bertz CT molecular complexity index is 1320. The van der Waals surface area contributed by atoms with Crippen molar-refractivity contribution in [2.24, 2.45) is 0 Å². The van der Waals surface area contributed by atoms with Crippen molar-refractivity contribution in [3.8, 4) is 17.2 Å². The molecule has 1 aliphatic heterocycles. The zero-order valence-electron chi connectivity index (χ0n) is 23.3. The maximum Gasteiger partial charge on any atom is 0.318 e. The lowest BCUT2D eigenvalue weighted by molar-refractivity contribution is 0.180. The minimum absolute atomic E-state index is 0.0591. The third-order valence-electron chi connectivity index (χ3n) is 7.36. The lowest BCUT2D eigenvalue weighted by atomic mass is 9.85. The van der Waals surface area contributed by atoms with Crippen molar-refractivity contribution in [3.05, 3.63) is 81.4 Å². The summed E-state index contributed by atoms with van der Waals surface area (Å²) < 4.78 is 17.3. The molecule has 1 atom stereocenters. The molecule has 0 saturated carbocycles. The molecule has 0 aliphatic carbocycles. The van der Waals surface area contributed by atoms with E-state index in [-0.39, 0.29) is 12.1 Å². The van der Waals surface area contributed by atoms with E-state index in [1.807, 2.05) is 30.0 Å². The fourth-order valence-electron chi connectivity index (χ4n) is 5.20. The summed E-state index contributed by atoms with van der Waals surface area (Å²) in [4.78, 5) is 15.1. The van der Waals surface area contributed by atoms with Gasteiger partial charge in [-0.1, -0.05) is 18.2 Å². The van der Waals surface area contributed by atoms with Gasteiger partial charge < -0.3 is 30.2 Å². The number of anilines is 1. The van der Waals surface area contributed by atoms with Crippen molar-refractivity contribution in [1.29, 1.82) is 0 Å². The molecule has 38 heavy (non-hydrogen) atoms. The number of hydrogen-bond acceptors (Lipinski definition) is 5. The molecule has 0 spiro atoms.